The number of nitrogens with zero attached hydrogens (tertiary/aromatic N) is 1. The summed E-state index contributed by atoms with van der Waals surface area (Å²) in [5.74, 6) is 0.813. The lowest BCUT2D eigenvalue weighted by atomic mass is 9.87. The summed E-state index contributed by atoms with van der Waals surface area (Å²) >= 11 is 7.39. The van der Waals surface area contributed by atoms with Crippen LogP contribution in [0.5, 0.6) is 0 Å². The van der Waals surface area contributed by atoms with Gasteiger partial charge in [-0.2, -0.15) is 0 Å². The van der Waals surface area contributed by atoms with Crippen LogP contribution in [0.2, 0.25) is 5.02 Å². The molecule has 4 heteroatoms. The predicted octanol–water partition coefficient (Wildman–Crippen LogP) is 5.52. The molecule has 0 aromatic heterocycles. The highest BCUT2D eigenvalue weighted by atomic mass is 35.5. The molecule has 22 heavy (non-hydrogen) atoms. The molecule has 0 radical (unpaired) electrons. The van der Waals surface area contributed by atoms with Gasteiger partial charge in [-0.25, -0.2) is 4.99 Å². The van der Waals surface area contributed by atoms with E-state index in [9.17, 15) is 0 Å². The first-order valence-electron chi connectivity index (χ1n) is 7.16. The van der Waals surface area contributed by atoms with Gasteiger partial charge in [0, 0.05) is 10.8 Å². The molecule has 2 aromatic rings. The Hall–Kier alpha value is -1.45. The molecule has 2 N–H and O–H groups in total. The van der Waals surface area contributed by atoms with Gasteiger partial charge in [-0.05, 0) is 40.8 Å². The van der Waals surface area contributed by atoms with Crippen molar-refractivity contribution in [2.24, 2.45) is 10.7 Å². The van der Waals surface area contributed by atoms with Gasteiger partial charge in [-0.1, -0.05) is 68.4 Å². The topological polar surface area (TPSA) is 38.4 Å². The molecule has 2 nitrogen and oxygen atoms in total. The number of halogens is 1. The van der Waals surface area contributed by atoms with Gasteiger partial charge < -0.3 is 5.73 Å². The molecule has 0 aliphatic heterocycles. The Kier molecular flexibility index (Phi) is 5.54. The van der Waals surface area contributed by atoms with Crippen molar-refractivity contribution in [2.45, 2.75) is 31.9 Å². The lowest BCUT2D eigenvalue weighted by Gasteiger charge is -2.19. The molecule has 116 valence electrons. The molecule has 0 saturated heterocycles. The predicted molar refractivity (Wildman–Crippen MR) is 99.2 cm³/mol. The van der Waals surface area contributed by atoms with Crippen LogP contribution in [0.25, 0.3) is 0 Å². The molecule has 0 saturated carbocycles. The SMILES string of the molecule is CC(C)(C)c1ccc(CSC(N)=Nc2ccc(Cl)cc2)cc1. The normalized spacial score (nSPS) is 12.5. The van der Waals surface area contributed by atoms with Crippen molar-refractivity contribution >= 4 is 34.2 Å². The summed E-state index contributed by atoms with van der Waals surface area (Å²) in [6.07, 6.45) is 0. The Bertz CT molecular complexity index is 640. The number of nitrogens with two attached hydrogens (primary N) is 1. The van der Waals surface area contributed by atoms with Crippen LogP contribution in [-0.2, 0) is 11.2 Å². The standard InChI is InChI=1S/C18H21ClN2S/c1-18(2,3)14-6-4-13(5-7-14)12-22-17(20)21-16-10-8-15(19)9-11-16/h4-11H,12H2,1-3H3,(H2,20,21). The fourth-order valence-electron chi connectivity index (χ4n) is 1.93. The zero-order valence-corrected chi connectivity index (χ0v) is 14.7. The third-order valence-corrected chi connectivity index (χ3v) is 4.39. The summed E-state index contributed by atoms with van der Waals surface area (Å²) in [5.41, 5.74) is 9.55. The Balaban J connectivity index is 1.96. The van der Waals surface area contributed by atoms with Crippen LogP contribution in [0, 0.1) is 0 Å². The minimum atomic E-state index is 0.181. The average molecular weight is 333 g/mol. The molecule has 0 spiro atoms. The molecule has 2 rings (SSSR count). The Morgan fingerprint density at radius 1 is 1.05 bits per heavy atom. The van der Waals surface area contributed by atoms with Crippen LogP contribution in [-0.4, -0.2) is 5.17 Å². The smallest absolute Gasteiger partial charge is 0.159 e. The Morgan fingerprint density at radius 3 is 2.18 bits per heavy atom. The zero-order chi connectivity index (χ0) is 16.2. The summed E-state index contributed by atoms with van der Waals surface area (Å²) in [6.45, 7) is 6.65. The van der Waals surface area contributed by atoms with Gasteiger partial charge in [0.15, 0.2) is 5.17 Å². The molecule has 0 unspecified atom stereocenters. The molecular weight excluding hydrogens is 312 g/mol. The van der Waals surface area contributed by atoms with Gasteiger partial charge in [0.05, 0.1) is 5.69 Å². The van der Waals surface area contributed by atoms with E-state index in [1.165, 1.54) is 22.9 Å². The van der Waals surface area contributed by atoms with E-state index in [1.54, 1.807) is 0 Å². The number of hydrogen-bond acceptors (Lipinski definition) is 2. The molecule has 0 fully saturated rings. The van der Waals surface area contributed by atoms with E-state index < -0.39 is 0 Å². The first-order valence-corrected chi connectivity index (χ1v) is 8.53. The van der Waals surface area contributed by atoms with Gasteiger partial charge >= 0.3 is 0 Å². The van der Waals surface area contributed by atoms with E-state index in [0.717, 1.165) is 11.4 Å². The average Bonchev–Trinajstić information content (AvgIpc) is 2.47. The molecule has 0 atom stereocenters. The molecule has 0 bridgehead atoms. The monoisotopic (exact) mass is 332 g/mol. The molecule has 2 aromatic carbocycles. The van der Waals surface area contributed by atoms with Crippen molar-refractivity contribution < 1.29 is 0 Å². The molecule has 0 heterocycles. The van der Waals surface area contributed by atoms with Crippen molar-refractivity contribution in [3.63, 3.8) is 0 Å². The maximum Gasteiger partial charge on any atom is 0.159 e. The maximum absolute atomic E-state index is 5.97. The summed E-state index contributed by atoms with van der Waals surface area (Å²) in [5, 5.41) is 1.26. The number of amidine groups is 1. The fraction of sp³-hybridized carbons (Fsp3) is 0.278. The van der Waals surface area contributed by atoms with Crippen molar-refractivity contribution in [2.75, 3.05) is 0 Å². The Morgan fingerprint density at radius 2 is 1.64 bits per heavy atom. The quantitative estimate of drug-likeness (QED) is 0.594. The van der Waals surface area contributed by atoms with Crippen LogP contribution in [0.15, 0.2) is 53.5 Å². The lowest BCUT2D eigenvalue weighted by Crippen LogP contribution is -2.10. The second-order valence-electron chi connectivity index (χ2n) is 6.16. The van der Waals surface area contributed by atoms with Gasteiger partial charge in [0.2, 0.25) is 0 Å². The number of rotatable bonds is 3. The van der Waals surface area contributed by atoms with Crippen LogP contribution in [0.1, 0.15) is 31.9 Å². The van der Waals surface area contributed by atoms with Gasteiger partial charge in [-0.15, -0.1) is 0 Å². The summed E-state index contributed by atoms with van der Waals surface area (Å²) in [7, 11) is 0. The van der Waals surface area contributed by atoms with Crippen molar-refractivity contribution in [3.8, 4) is 0 Å². The first kappa shape index (κ1) is 16.9. The highest BCUT2D eigenvalue weighted by Crippen LogP contribution is 2.24. The van der Waals surface area contributed by atoms with Crippen LogP contribution >= 0.6 is 23.4 Å². The maximum atomic E-state index is 5.97. The fourth-order valence-corrected chi connectivity index (χ4v) is 2.74. The van der Waals surface area contributed by atoms with E-state index in [4.69, 9.17) is 17.3 Å². The van der Waals surface area contributed by atoms with Crippen molar-refractivity contribution in [1.29, 1.82) is 0 Å². The van der Waals surface area contributed by atoms with E-state index in [-0.39, 0.29) is 5.41 Å². The van der Waals surface area contributed by atoms with E-state index >= 15 is 0 Å². The summed E-state index contributed by atoms with van der Waals surface area (Å²) < 4.78 is 0. The van der Waals surface area contributed by atoms with Gasteiger partial charge in [0.25, 0.3) is 0 Å². The highest BCUT2D eigenvalue weighted by Gasteiger charge is 2.12. The summed E-state index contributed by atoms with van der Waals surface area (Å²) in [6, 6.07) is 16.0. The number of benzene rings is 2. The number of thioether (sulfide) groups is 1. The van der Waals surface area contributed by atoms with Crippen molar-refractivity contribution in [3.05, 3.63) is 64.7 Å². The number of hydrogen-bond donors (Lipinski definition) is 1. The lowest BCUT2D eigenvalue weighted by molar-refractivity contribution is 0.590. The van der Waals surface area contributed by atoms with E-state index in [2.05, 4.69) is 50.0 Å². The van der Waals surface area contributed by atoms with Crippen molar-refractivity contribution in [1.82, 2.24) is 0 Å². The highest BCUT2D eigenvalue weighted by molar-refractivity contribution is 8.13. The van der Waals surface area contributed by atoms with E-state index in [0.29, 0.717) is 10.2 Å². The van der Waals surface area contributed by atoms with Crippen LogP contribution in [0.3, 0.4) is 0 Å². The second kappa shape index (κ2) is 7.21. The van der Waals surface area contributed by atoms with Gasteiger partial charge in [-0.3, -0.25) is 0 Å². The van der Waals surface area contributed by atoms with Crippen LogP contribution in [0.4, 0.5) is 5.69 Å². The zero-order valence-electron chi connectivity index (χ0n) is 13.1. The molecule has 0 aliphatic rings. The third kappa shape index (κ3) is 5.08. The molecular formula is C18H21ClN2S. The Labute approximate surface area is 141 Å². The molecule has 0 amide bonds. The van der Waals surface area contributed by atoms with Crippen LogP contribution < -0.4 is 5.73 Å². The minimum Gasteiger partial charge on any atom is -0.378 e. The largest absolute Gasteiger partial charge is 0.378 e. The number of aliphatic imine (C=N–C) groups is 1. The summed E-state index contributed by atoms with van der Waals surface area (Å²) in [4.78, 5) is 4.37. The first-order chi connectivity index (χ1) is 10.3. The van der Waals surface area contributed by atoms with Gasteiger partial charge in [0.1, 0.15) is 0 Å². The second-order valence-corrected chi connectivity index (χ2v) is 7.59. The minimum absolute atomic E-state index is 0.181. The third-order valence-electron chi connectivity index (χ3n) is 3.27. The molecule has 0 aliphatic carbocycles. The van der Waals surface area contributed by atoms with E-state index in [1.807, 2.05) is 24.3 Å².